The number of nitrogens with zero attached hydrogens (tertiary/aromatic N) is 4. The number of nitrogens with one attached hydrogen (secondary N) is 2. The molecule has 0 saturated carbocycles. The van der Waals surface area contributed by atoms with Gasteiger partial charge in [0.2, 0.25) is 5.95 Å². The van der Waals surface area contributed by atoms with Crippen molar-refractivity contribution in [3.63, 3.8) is 0 Å². The second-order valence-corrected chi connectivity index (χ2v) is 8.37. The molecule has 1 aliphatic rings. The Hall–Kier alpha value is -3.40. The first-order chi connectivity index (χ1) is 15.5. The molecule has 0 aliphatic carbocycles. The Balaban J connectivity index is 1.55. The van der Waals surface area contributed by atoms with Gasteiger partial charge in [0, 0.05) is 56.8 Å². The average Bonchev–Trinajstić information content (AvgIpc) is 3.40. The van der Waals surface area contributed by atoms with Crippen LogP contribution >= 0.6 is 0 Å². The van der Waals surface area contributed by atoms with Crippen molar-refractivity contribution in [1.82, 2.24) is 25.3 Å². The summed E-state index contributed by atoms with van der Waals surface area (Å²) < 4.78 is 11.0. The van der Waals surface area contributed by atoms with Crippen molar-refractivity contribution in [2.75, 3.05) is 44.0 Å². The number of carbonyl (C=O) groups excluding carboxylic acids is 1. The van der Waals surface area contributed by atoms with E-state index in [0.717, 1.165) is 34.5 Å². The molecule has 170 valence electrons. The first kappa shape index (κ1) is 21.8. The van der Waals surface area contributed by atoms with Crippen molar-refractivity contribution in [2.24, 2.45) is 11.8 Å². The molecule has 10 heteroatoms. The Bertz CT molecular complexity index is 1080. The number of nitrogens with two attached hydrogens (primary N) is 1. The minimum absolute atomic E-state index is 0.0271. The van der Waals surface area contributed by atoms with Gasteiger partial charge in [0.25, 0.3) is 0 Å². The zero-order valence-electron chi connectivity index (χ0n) is 18.5. The lowest BCUT2D eigenvalue weighted by Crippen LogP contribution is -2.35. The summed E-state index contributed by atoms with van der Waals surface area (Å²) in [5.41, 5.74) is 9.22. The highest BCUT2D eigenvalue weighted by molar-refractivity contribution is 6.02. The maximum Gasteiger partial charge on any atom is 0.407 e. The molecule has 2 atom stereocenters. The lowest BCUT2D eigenvalue weighted by molar-refractivity contribution is 0.0807. The summed E-state index contributed by atoms with van der Waals surface area (Å²) >= 11 is 0. The van der Waals surface area contributed by atoms with Crippen LogP contribution in [-0.4, -0.2) is 65.5 Å². The summed E-state index contributed by atoms with van der Waals surface area (Å²) in [4.78, 5) is 30.3. The Morgan fingerprint density at radius 1 is 1.31 bits per heavy atom. The summed E-state index contributed by atoms with van der Waals surface area (Å²) in [5.74, 6) is 0.634. The number of fused-ring (bicyclic) bond motifs is 1. The van der Waals surface area contributed by atoms with Crippen LogP contribution in [0.3, 0.4) is 0 Å². The lowest BCUT2D eigenvalue weighted by Gasteiger charge is -2.20. The van der Waals surface area contributed by atoms with Crippen LogP contribution < -0.4 is 16.0 Å². The molecular formula is C22H29N7O3. The molecule has 1 aliphatic heterocycles. The molecule has 1 fully saturated rings. The smallest absolute Gasteiger partial charge is 0.407 e. The van der Waals surface area contributed by atoms with Gasteiger partial charge >= 0.3 is 6.09 Å². The van der Waals surface area contributed by atoms with Crippen molar-refractivity contribution in [2.45, 2.75) is 20.0 Å². The Morgan fingerprint density at radius 2 is 2.12 bits per heavy atom. The predicted octanol–water partition coefficient (Wildman–Crippen LogP) is 2.44. The quantitative estimate of drug-likeness (QED) is 0.511. The molecule has 4 rings (SSSR count). The number of H-pyrrole nitrogens is 1. The van der Waals surface area contributed by atoms with E-state index in [9.17, 15) is 4.79 Å². The summed E-state index contributed by atoms with van der Waals surface area (Å²) in [6.45, 7) is 6.29. The van der Waals surface area contributed by atoms with Gasteiger partial charge in [0.05, 0.1) is 29.5 Å². The van der Waals surface area contributed by atoms with Gasteiger partial charge in [-0.1, -0.05) is 13.8 Å². The van der Waals surface area contributed by atoms with E-state index in [-0.39, 0.29) is 18.0 Å². The molecule has 3 aromatic rings. The Morgan fingerprint density at radius 3 is 2.88 bits per heavy atom. The van der Waals surface area contributed by atoms with Crippen molar-refractivity contribution >= 4 is 28.8 Å². The number of ether oxygens (including phenoxy) is 2. The van der Waals surface area contributed by atoms with Gasteiger partial charge in [-0.2, -0.15) is 0 Å². The number of anilines is 2. The van der Waals surface area contributed by atoms with Crippen LogP contribution in [0, 0.1) is 11.8 Å². The van der Waals surface area contributed by atoms with Crippen molar-refractivity contribution < 1.29 is 14.3 Å². The van der Waals surface area contributed by atoms with Gasteiger partial charge in [-0.15, -0.1) is 0 Å². The highest BCUT2D eigenvalue weighted by Gasteiger charge is 2.34. The van der Waals surface area contributed by atoms with E-state index in [2.05, 4.69) is 30.2 Å². The van der Waals surface area contributed by atoms with E-state index in [1.807, 2.05) is 32.2 Å². The summed E-state index contributed by atoms with van der Waals surface area (Å²) in [6, 6.07) is 3.82. The number of pyridine rings is 1. The number of alkyl carbamates (subject to hydrolysis) is 1. The molecule has 0 radical (unpaired) electrons. The molecule has 32 heavy (non-hydrogen) atoms. The van der Waals surface area contributed by atoms with Crippen LogP contribution in [0.2, 0.25) is 0 Å². The zero-order valence-corrected chi connectivity index (χ0v) is 18.5. The normalized spacial score (nSPS) is 18.4. The Kier molecular flexibility index (Phi) is 6.40. The zero-order chi connectivity index (χ0) is 22.7. The van der Waals surface area contributed by atoms with E-state index in [1.54, 1.807) is 19.5 Å². The highest BCUT2D eigenvalue weighted by Crippen LogP contribution is 2.36. The molecule has 0 aromatic carbocycles. The second kappa shape index (κ2) is 9.39. The molecule has 1 saturated heterocycles. The number of hydrogen-bond acceptors (Lipinski definition) is 8. The van der Waals surface area contributed by atoms with Crippen molar-refractivity contribution in [1.29, 1.82) is 0 Å². The first-order valence-corrected chi connectivity index (χ1v) is 10.7. The van der Waals surface area contributed by atoms with Gasteiger partial charge in [-0.3, -0.25) is 0 Å². The molecule has 10 nitrogen and oxygen atoms in total. The average molecular weight is 440 g/mol. The predicted molar refractivity (Wildman–Crippen MR) is 122 cm³/mol. The molecule has 0 unspecified atom stereocenters. The second-order valence-electron chi connectivity index (χ2n) is 8.37. The molecule has 0 bridgehead atoms. The topological polar surface area (TPSA) is 131 Å². The van der Waals surface area contributed by atoms with Crippen LogP contribution in [0.1, 0.15) is 13.8 Å². The summed E-state index contributed by atoms with van der Waals surface area (Å²) in [7, 11) is 1.70. The minimum atomic E-state index is -0.396. The fourth-order valence-corrected chi connectivity index (χ4v) is 4.04. The van der Waals surface area contributed by atoms with Gasteiger partial charge in [-0.25, -0.2) is 19.7 Å². The molecule has 0 spiro atoms. The third-order valence-electron chi connectivity index (χ3n) is 5.58. The van der Waals surface area contributed by atoms with E-state index in [1.165, 1.54) is 0 Å². The van der Waals surface area contributed by atoms with Crippen molar-refractivity contribution in [3.8, 4) is 11.3 Å². The summed E-state index contributed by atoms with van der Waals surface area (Å²) in [5, 5.41) is 3.84. The molecule has 1 amide bonds. The first-order valence-electron chi connectivity index (χ1n) is 10.7. The van der Waals surface area contributed by atoms with Crippen LogP contribution in [0.25, 0.3) is 22.3 Å². The van der Waals surface area contributed by atoms with Crippen molar-refractivity contribution in [3.05, 3.63) is 30.7 Å². The van der Waals surface area contributed by atoms with Crippen LogP contribution in [0.15, 0.2) is 30.7 Å². The van der Waals surface area contributed by atoms with Crippen LogP contribution in [0.5, 0.6) is 0 Å². The van der Waals surface area contributed by atoms with Gasteiger partial charge in [-0.05, 0) is 18.1 Å². The monoisotopic (exact) mass is 439 g/mol. The maximum absolute atomic E-state index is 12.0. The van der Waals surface area contributed by atoms with Crippen LogP contribution in [-0.2, 0) is 9.47 Å². The van der Waals surface area contributed by atoms with E-state index >= 15 is 0 Å². The van der Waals surface area contributed by atoms with Gasteiger partial charge in [0.1, 0.15) is 5.65 Å². The van der Waals surface area contributed by atoms with E-state index in [0.29, 0.717) is 25.6 Å². The number of hydrogen-bond donors (Lipinski definition) is 3. The third-order valence-corrected chi connectivity index (χ3v) is 5.58. The number of methoxy groups -OCH3 is 1. The number of aromatic amines is 1. The standard InChI is InChI=1S/C22H29N7O3/c1-13(2)12-32-22(30)27-8-14-10-29(11-18(14)31-3)17-5-7-24-20-19(17)15(9-26-20)16-4-6-25-21(23)28-16/h4-7,9,13-14,18H,8,10-12H2,1-3H3,(H,24,26)(H,27,30)(H2,23,25,28)/t14-,18+/m1/s1. The van der Waals surface area contributed by atoms with Gasteiger partial charge < -0.3 is 30.4 Å². The fraction of sp³-hybridized carbons (Fsp3) is 0.455. The molecule has 3 aromatic heterocycles. The molecule has 4 N–H and O–H groups in total. The number of carbonyl (C=O) groups is 1. The van der Waals surface area contributed by atoms with E-state index < -0.39 is 6.09 Å². The number of rotatable bonds is 7. The Labute approximate surface area is 186 Å². The summed E-state index contributed by atoms with van der Waals surface area (Å²) in [6.07, 6.45) is 4.89. The number of aromatic nitrogens is 4. The largest absolute Gasteiger partial charge is 0.449 e. The minimum Gasteiger partial charge on any atom is -0.449 e. The lowest BCUT2D eigenvalue weighted by atomic mass is 10.1. The van der Waals surface area contributed by atoms with Crippen LogP contribution in [0.4, 0.5) is 16.4 Å². The number of amides is 1. The third kappa shape index (κ3) is 4.59. The van der Waals surface area contributed by atoms with E-state index in [4.69, 9.17) is 15.2 Å². The number of nitrogen functional groups attached to an aromatic ring is 1. The van der Waals surface area contributed by atoms with Gasteiger partial charge in [0.15, 0.2) is 0 Å². The highest BCUT2D eigenvalue weighted by atomic mass is 16.5. The fourth-order valence-electron chi connectivity index (χ4n) is 4.04. The molecular weight excluding hydrogens is 410 g/mol. The SMILES string of the molecule is CO[C@H]1CN(c2ccnc3[nH]cc(-c4ccnc(N)n4)c23)C[C@H]1CNC(=O)OCC(C)C. The molecule has 4 heterocycles. The maximum atomic E-state index is 12.0.